The molecule has 3 aromatic rings. The van der Waals surface area contributed by atoms with Crippen molar-refractivity contribution in [3.63, 3.8) is 0 Å². The number of Topliss-reactive ketones (excluding diaryl/α,β-unsaturated/α-hetero) is 1. The molecule has 3 heterocycles. The van der Waals surface area contributed by atoms with Gasteiger partial charge in [-0.2, -0.15) is 13.2 Å². The number of morpholine rings is 1. The number of alkyl halides is 3. The van der Waals surface area contributed by atoms with Gasteiger partial charge in [-0.1, -0.05) is 18.2 Å². The van der Waals surface area contributed by atoms with Crippen molar-refractivity contribution in [3.05, 3.63) is 76.5 Å². The fourth-order valence-electron chi connectivity index (χ4n) is 5.64. The number of hydrogen-bond acceptors (Lipinski definition) is 7. The van der Waals surface area contributed by atoms with E-state index in [2.05, 4.69) is 19.7 Å². The number of aryl methyl sites for hydroxylation is 1. The molecule has 0 radical (unpaired) electrons. The SMILES string of the molecule is CCOc1ncc(-c2cc(C(=O)Cc3cc(CN4CCN(C)CC4)cc(C(F)(F)F)c3)ccc2C)cc1N1CCOCC1. The van der Waals surface area contributed by atoms with E-state index >= 15 is 0 Å². The number of hydrogen-bond donors (Lipinski definition) is 0. The van der Waals surface area contributed by atoms with E-state index in [4.69, 9.17) is 9.47 Å². The normalized spacial score (nSPS) is 16.8. The van der Waals surface area contributed by atoms with Crippen molar-refractivity contribution in [2.75, 3.05) is 71.0 Å². The fourth-order valence-corrected chi connectivity index (χ4v) is 5.64. The second-order valence-electron chi connectivity index (χ2n) is 11.3. The van der Waals surface area contributed by atoms with Gasteiger partial charge >= 0.3 is 6.18 Å². The van der Waals surface area contributed by atoms with E-state index in [1.807, 2.05) is 39.1 Å². The van der Waals surface area contributed by atoms with Gasteiger partial charge in [0.25, 0.3) is 0 Å². The average Bonchev–Trinajstić information content (AvgIpc) is 2.99. The molecule has 0 amide bonds. The molecule has 0 saturated carbocycles. The van der Waals surface area contributed by atoms with Crippen molar-refractivity contribution in [2.24, 2.45) is 0 Å². The predicted octanol–water partition coefficient (Wildman–Crippen LogP) is 5.48. The summed E-state index contributed by atoms with van der Waals surface area (Å²) in [5.41, 5.74) is 4.18. The lowest BCUT2D eigenvalue weighted by molar-refractivity contribution is -0.137. The van der Waals surface area contributed by atoms with Gasteiger partial charge < -0.3 is 19.3 Å². The minimum absolute atomic E-state index is 0.122. The van der Waals surface area contributed by atoms with Crippen LogP contribution in [-0.2, 0) is 23.9 Å². The van der Waals surface area contributed by atoms with Crippen molar-refractivity contribution >= 4 is 11.5 Å². The summed E-state index contributed by atoms with van der Waals surface area (Å²) in [6, 6.07) is 11.5. The topological polar surface area (TPSA) is 58.1 Å². The van der Waals surface area contributed by atoms with Crippen LogP contribution in [0.4, 0.5) is 18.9 Å². The number of carbonyl (C=O) groups excluding carboxylic acids is 1. The zero-order valence-electron chi connectivity index (χ0n) is 25.0. The molecular weight excluding hydrogens is 557 g/mol. The number of ether oxygens (including phenoxy) is 2. The van der Waals surface area contributed by atoms with Crippen LogP contribution in [-0.4, -0.2) is 86.7 Å². The third-order valence-electron chi connectivity index (χ3n) is 8.08. The number of ketones is 1. The molecule has 1 aromatic heterocycles. The van der Waals surface area contributed by atoms with E-state index in [1.54, 1.807) is 18.3 Å². The maximum atomic E-state index is 13.8. The monoisotopic (exact) mass is 596 g/mol. The first-order valence-electron chi connectivity index (χ1n) is 14.8. The van der Waals surface area contributed by atoms with E-state index in [1.165, 1.54) is 6.07 Å². The highest BCUT2D eigenvalue weighted by Gasteiger charge is 2.31. The first kappa shape index (κ1) is 31.0. The Bertz CT molecular complexity index is 1430. The molecule has 0 bridgehead atoms. The molecule has 2 aromatic carbocycles. The zero-order chi connectivity index (χ0) is 30.6. The van der Waals surface area contributed by atoms with Gasteiger partial charge in [-0.15, -0.1) is 0 Å². The van der Waals surface area contributed by atoms with Crippen LogP contribution in [0.15, 0.2) is 48.7 Å². The quantitative estimate of drug-likeness (QED) is 0.303. The highest BCUT2D eigenvalue weighted by atomic mass is 19.4. The minimum Gasteiger partial charge on any atom is -0.476 e. The van der Waals surface area contributed by atoms with E-state index in [-0.39, 0.29) is 12.2 Å². The van der Waals surface area contributed by atoms with Crippen molar-refractivity contribution in [2.45, 2.75) is 33.0 Å². The molecule has 2 fully saturated rings. The lowest BCUT2D eigenvalue weighted by Crippen LogP contribution is -2.43. The molecule has 10 heteroatoms. The predicted molar refractivity (Wildman–Crippen MR) is 161 cm³/mol. The highest BCUT2D eigenvalue weighted by Crippen LogP contribution is 2.35. The van der Waals surface area contributed by atoms with Gasteiger partial charge in [0.1, 0.15) is 5.69 Å². The number of likely N-dealkylation sites (N-methyl/N-ethyl adjacent to an activating group) is 1. The molecule has 230 valence electrons. The molecule has 0 N–H and O–H groups in total. The van der Waals surface area contributed by atoms with Gasteiger partial charge in [0.05, 0.1) is 25.4 Å². The molecule has 43 heavy (non-hydrogen) atoms. The molecule has 7 nitrogen and oxygen atoms in total. The van der Waals surface area contributed by atoms with Crippen LogP contribution in [0.2, 0.25) is 0 Å². The van der Waals surface area contributed by atoms with Crippen LogP contribution in [0, 0.1) is 6.92 Å². The second kappa shape index (κ2) is 13.4. The van der Waals surface area contributed by atoms with Gasteiger partial charge in [0.2, 0.25) is 5.88 Å². The largest absolute Gasteiger partial charge is 0.476 e. The Morgan fingerprint density at radius 1 is 0.977 bits per heavy atom. The molecule has 2 saturated heterocycles. The van der Waals surface area contributed by atoms with E-state index in [0.717, 1.165) is 67.7 Å². The van der Waals surface area contributed by atoms with Crippen LogP contribution in [0.3, 0.4) is 0 Å². The number of nitrogens with zero attached hydrogens (tertiary/aromatic N) is 4. The maximum Gasteiger partial charge on any atom is 0.416 e. The zero-order valence-corrected chi connectivity index (χ0v) is 25.0. The lowest BCUT2D eigenvalue weighted by Gasteiger charge is -2.32. The van der Waals surface area contributed by atoms with Crippen molar-refractivity contribution < 1.29 is 27.4 Å². The number of benzene rings is 2. The lowest BCUT2D eigenvalue weighted by atomic mass is 9.94. The Hall–Kier alpha value is -3.47. The van der Waals surface area contributed by atoms with Crippen LogP contribution >= 0.6 is 0 Å². The standard InChI is InChI=1S/C33H39F3N4O3/c1-4-43-32-30(40-11-13-42-14-12-40)20-27(21-37-32)29-19-26(6-5-23(29)2)31(41)18-24-15-25(17-28(16-24)33(34,35)36)22-39-9-7-38(3)8-10-39/h5-6,15-17,19-21H,4,7-14,18,22H2,1-3H3. The Morgan fingerprint density at radius 3 is 2.40 bits per heavy atom. The molecule has 2 aliphatic rings. The number of carbonyl (C=O) groups is 1. The summed E-state index contributed by atoms with van der Waals surface area (Å²) in [6.07, 6.45) is -2.88. The summed E-state index contributed by atoms with van der Waals surface area (Å²) in [5, 5.41) is 0. The highest BCUT2D eigenvalue weighted by molar-refractivity contribution is 5.99. The maximum absolute atomic E-state index is 13.8. The first-order chi connectivity index (χ1) is 20.6. The Balaban J connectivity index is 1.41. The number of aromatic nitrogens is 1. The Morgan fingerprint density at radius 2 is 1.70 bits per heavy atom. The fraction of sp³-hybridized carbons (Fsp3) is 0.455. The van der Waals surface area contributed by atoms with Crippen molar-refractivity contribution in [1.82, 2.24) is 14.8 Å². The third-order valence-corrected chi connectivity index (χ3v) is 8.08. The molecule has 0 spiro atoms. The summed E-state index contributed by atoms with van der Waals surface area (Å²) in [4.78, 5) is 24.6. The summed E-state index contributed by atoms with van der Waals surface area (Å²) in [5.74, 6) is 0.313. The van der Waals surface area contributed by atoms with Crippen LogP contribution in [0.25, 0.3) is 11.1 Å². The number of halogens is 3. The summed E-state index contributed by atoms with van der Waals surface area (Å²) in [7, 11) is 2.04. The molecule has 0 aliphatic carbocycles. The van der Waals surface area contributed by atoms with Crippen molar-refractivity contribution in [1.29, 1.82) is 0 Å². The minimum atomic E-state index is -4.49. The van der Waals surface area contributed by atoms with E-state index in [0.29, 0.717) is 48.9 Å². The summed E-state index contributed by atoms with van der Waals surface area (Å²) >= 11 is 0. The van der Waals surface area contributed by atoms with Gasteiger partial charge in [-0.05, 0) is 67.4 Å². The van der Waals surface area contributed by atoms with Gasteiger partial charge in [0, 0.05) is 69.6 Å². The third kappa shape index (κ3) is 7.74. The average molecular weight is 597 g/mol. The molecular formula is C33H39F3N4O3. The smallest absolute Gasteiger partial charge is 0.416 e. The Labute approximate surface area is 251 Å². The van der Waals surface area contributed by atoms with Crippen LogP contribution < -0.4 is 9.64 Å². The molecule has 0 unspecified atom stereocenters. The van der Waals surface area contributed by atoms with Gasteiger partial charge in [-0.25, -0.2) is 4.98 Å². The number of anilines is 1. The number of piperazine rings is 1. The van der Waals surface area contributed by atoms with E-state index < -0.39 is 11.7 Å². The number of pyridine rings is 1. The van der Waals surface area contributed by atoms with Crippen LogP contribution in [0.5, 0.6) is 5.88 Å². The number of rotatable bonds is 9. The van der Waals surface area contributed by atoms with Gasteiger partial charge in [-0.3, -0.25) is 9.69 Å². The first-order valence-corrected chi connectivity index (χ1v) is 14.8. The molecule has 5 rings (SSSR count). The summed E-state index contributed by atoms with van der Waals surface area (Å²) < 4.78 is 52.8. The van der Waals surface area contributed by atoms with Crippen molar-refractivity contribution in [3.8, 4) is 17.0 Å². The second-order valence-corrected chi connectivity index (χ2v) is 11.3. The summed E-state index contributed by atoms with van der Waals surface area (Å²) in [6.45, 7) is 10.8. The molecule has 0 atom stereocenters. The van der Waals surface area contributed by atoms with Crippen LogP contribution in [0.1, 0.15) is 39.5 Å². The molecule has 2 aliphatic heterocycles. The van der Waals surface area contributed by atoms with Gasteiger partial charge in [0.15, 0.2) is 5.78 Å². The van der Waals surface area contributed by atoms with E-state index in [9.17, 15) is 18.0 Å². The Kier molecular flexibility index (Phi) is 9.68.